The van der Waals surface area contributed by atoms with Gasteiger partial charge in [-0.1, -0.05) is 0 Å². The zero-order valence-corrected chi connectivity index (χ0v) is 12.8. The number of carbonyl (C=O) groups is 2. The van der Waals surface area contributed by atoms with Gasteiger partial charge in [-0.3, -0.25) is 9.59 Å². The average molecular weight is 320 g/mol. The van der Waals surface area contributed by atoms with Crippen LogP contribution in [0.1, 0.15) is 22.8 Å². The lowest BCUT2D eigenvalue weighted by atomic mass is 9.67. The molecule has 1 aromatic carbocycles. The fraction of sp³-hybridized carbons (Fsp3) is 0.375. The summed E-state index contributed by atoms with van der Waals surface area (Å²) in [6, 6.07) is 2.85. The molecule has 2 aliphatic rings. The summed E-state index contributed by atoms with van der Waals surface area (Å²) in [6.45, 7) is 3.04. The molecule has 0 aromatic heterocycles. The van der Waals surface area contributed by atoms with Crippen molar-refractivity contribution in [2.75, 3.05) is 7.11 Å². The Morgan fingerprint density at radius 2 is 1.96 bits per heavy atom. The Labute approximate surface area is 131 Å². The van der Waals surface area contributed by atoms with Gasteiger partial charge in [-0.25, -0.2) is 0 Å². The number of benzene rings is 1. The smallest absolute Gasteiger partial charge is 0.209 e. The second-order valence-corrected chi connectivity index (χ2v) is 5.91. The number of fused-ring (bicyclic) bond motifs is 2. The summed E-state index contributed by atoms with van der Waals surface area (Å²) < 4.78 is 10.8. The van der Waals surface area contributed by atoms with E-state index in [4.69, 9.17) is 9.47 Å². The third-order valence-electron chi connectivity index (χ3n) is 4.47. The van der Waals surface area contributed by atoms with Crippen molar-refractivity contribution in [1.82, 2.24) is 0 Å². The lowest BCUT2D eigenvalue weighted by Gasteiger charge is -2.50. The third-order valence-corrected chi connectivity index (χ3v) is 4.47. The number of aromatic hydroxyl groups is 1. The van der Waals surface area contributed by atoms with Gasteiger partial charge < -0.3 is 24.8 Å². The molecule has 1 aromatic rings. The van der Waals surface area contributed by atoms with E-state index >= 15 is 0 Å². The molecule has 3 N–H and O–H groups in total. The number of phenolic OH excluding ortho intramolecular Hbond substituents is 1. The molecule has 1 aliphatic heterocycles. The molecular formula is C16H16O7. The number of ether oxygens (including phenoxy) is 2. The summed E-state index contributed by atoms with van der Waals surface area (Å²) in [6.07, 6.45) is -1.04. The molecule has 7 nitrogen and oxygen atoms in total. The molecule has 0 amide bonds. The summed E-state index contributed by atoms with van der Waals surface area (Å²) in [4.78, 5) is 24.8. The number of rotatable bonds is 1. The molecule has 3 rings (SSSR count). The summed E-state index contributed by atoms with van der Waals surface area (Å²) in [5.74, 6) is -2.32. The Morgan fingerprint density at radius 1 is 1.30 bits per heavy atom. The Hall–Kier alpha value is -2.38. The van der Waals surface area contributed by atoms with Crippen LogP contribution in [0.4, 0.5) is 0 Å². The fourth-order valence-electron chi connectivity index (χ4n) is 3.18. The van der Waals surface area contributed by atoms with E-state index in [2.05, 4.69) is 0 Å². The summed E-state index contributed by atoms with van der Waals surface area (Å²) in [5, 5.41) is 31.1. The fourth-order valence-corrected chi connectivity index (χ4v) is 3.18. The highest BCUT2D eigenvalue weighted by atomic mass is 16.6. The molecule has 7 heteroatoms. The SMILES string of the molecule is COC1=CC(=O)[C@H](O)[C@@]2(O)C(=O)c3c(O)cc(C)cc3O[C@]12C. The molecule has 0 unspecified atom stereocenters. The molecular weight excluding hydrogens is 304 g/mol. The first-order valence-electron chi connectivity index (χ1n) is 6.94. The van der Waals surface area contributed by atoms with Gasteiger partial charge in [-0.2, -0.15) is 0 Å². The van der Waals surface area contributed by atoms with Gasteiger partial charge in [0, 0.05) is 6.08 Å². The molecule has 1 aliphatic carbocycles. The van der Waals surface area contributed by atoms with Crippen LogP contribution >= 0.6 is 0 Å². The standard InChI is InChI=1S/C16H16O7/c1-7-4-8(17)12-10(5-7)23-15(2)11(22-3)6-9(18)13(19)16(15,21)14(12)20/h4-6,13,17,19,21H,1-3H3/t13-,15+,16+/m0/s1. The highest BCUT2D eigenvalue weighted by molar-refractivity contribution is 6.14. The average Bonchev–Trinajstić information content (AvgIpc) is 2.47. The predicted molar refractivity (Wildman–Crippen MR) is 77.3 cm³/mol. The zero-order chi connectivity index (χ0) is 17.2. The third kappa shape index (κ3) is 1.71. The first-order valence-corrected chi connectivity index (χ1v) is 6.94. The molecule has 3 atom stereocenters. The predicted octanol–water partition coefficient (Wildman–Crippen LogP) is 0.239. The maximum atomic E-state index is 12.8. The molecule has 0 radical (unpaired) electrons. The number of hydrogen-bond acceptors (Lipinski definition) is 7. The maximum absolute atomic E-state index is 12.8. The molecule has 122 valence electrons. The summed E-state index contributed by atoms with van der Waals surface area (Å²) >= 11 is 0. The lowest BCUT2D eigenvalue weighted by Crippen LogP contribution is -2.73. The molecule has 23 heavy (non-hydrogen) atoms. The van der Waals surface area contributed by atoms with Gasteiger partial charge in [0.05, 0.1) is 7.11 Å². The van der Waals surface area contributed by atoms with Crippen molar-refractivity contribution < 1.29 is 34.4 Å². The van der Waals surface area contributed by atoms with Gasteiger partial charge in [-0.05, 0) is 31.5 Å². The van der Waals surface area contributed by atoms with Gasteiger partial charge in [0.15, 0.2) is 11.9 Å². The monoisotopic (exact) mass is 320 g/mol. The van der Waals surface area contributed by atoms with E-state index in [1.807, 2.05) is 0 Å². The quantitative estimate of drug-likeness (QED) is 0.679. The number of carbonyl (C=O) groups excluding carboxylic acids is 2. The van der Waals surface area contributed by atoms with Gasteiger partial charge >= 0.3 is 0 Å². The number of aliphatic hydroxyl groups excluding tert-OH is 1. The largest absolute Gasteiger partial charge is 0.507 e. The molecule has 0 saturated heterocycles. The number of aliphatic hydroxyl groups is 2. The Bertz CT molecular complexity index is 766. The van der Waals surface area contributed by atoms with E-state index in [1.54, 1.807) is 6.92 Å². The molecule has 0 saturated carbocycles. The molecule has 0 fully saturated rings. The van der Waals surface area contributed by atoms with Gasteiger partial charge in [-0.15, -0.1) is 0 Å². The first-order chi connectivity index (χ1) is 10.7. The number of hydrogen-bond donors (Lipinski definition) is 3. The highest BCUT2D eigenvalue weighted by Gasteiger charge is 2.69. The van der Waals surface area contributed by atoms with Crippen molar-refractivity contribution >= 4 is 11.6 Å². The summed E-state index contributed by atoms with van der Waals surface area (Å²) in [5.41, 5.74) is -4.05. The second kappa shape index (κ2) is 4.56. The van der Waals surface area contributed by atoms with E-state index in [1.165, 1.54) is 26.2 Å². The van der Waals surface area contributed by atoms with Gasteiger partial charge in [0.25, 0.3) is 0 Å². The van der Waals surface area contributed by atoms with Crippen LogP contribution in [0.2, 0.25) is 0 Å². The van der Waals surface area contributed by atoms with Crippen LogP contribution in [0.3, 0.4) is 0 Å². The van der Waals surface area contributed by atoms with Crippen molar-refractivity contribution in [3.05, 3.63) is 35.1 Å². The highest BCUT2D eigenvalue weighted by Crippen LogP contribution is 2.49. The van der Waals surface area contributed by atoms with Gasteiger partial charge in [0.1, 0.15) is 22.8 Å². The number of aryl methyl sites for hydroxylation is 1. The topological polar surface area (TPSA) is 113 Å². The van der Waals surface area contributed by atoms with E-state index in [0.29, 0.717) is 5.56 Å². The minimum absolute atomic E-state index is 0.0455. The zero-order valence-electron chi connectivity index (χ0n) is 12.8. The van der Waals surface area contributed by atoms with Crippen LogP contribution in [0.15, 0.2) is 24.0 Å². The number of phenols is 1. The lowest BCUT2D eigenvalue weighted by molar-refractivity contribution is -0.173. The number of Topliss-reactive ketones (excluding diaryl/α,β-unsaturated/α-hetero) is 1. The Balaban J connectivity index is 2.34. The normalized spacial score (nSPS) is 32.6. The van der Waals surface area contributed by atoms with Crippen molar-refractivity contribution in [2.24, 2.45) is 0 Å². The van der Waals surface area contributed by atoms with Crippen LogP contribution in [-0.4, -0.2) is 51.3 Å². The number of ketones is 2. The second-order valence-electron chi connectivity index (χ2n) is 5.91. The minimum Gasteiger partial charge on any atom is -0.507 e. The van der Waals surface area contributed by atoms with E-state index in [-0.39, 0.29) is 17.1 Å². The maximum Gasteiger partial charge on any atom is 0.209 e. The van der Waals surface area contributed by atoms with Crippen LogP contribution in [0, 0.1) is 6.92 Å². The molecule has 1 heterocycles. The summed E-state index contributed by atoms with van der Waals surface area (Å²) in [7, 11) is 1.26. The molecule has 0 spiro atoms. The van der Waals surface area contributed by atoms with Crippen molar-refractivity contribution in [2.45, 2.75) is 31.2 Å². The van der Waals surface area contributed by atoms with Crippen molar-refractivity contribution in [3.8, 4) is 11.5 Å². The first kappa shape index (κ1) is 15.5. The van der Waals surface area contributed by atoms with E-state index in [0.717, 1.165) is 6.08 Å². The van der Waals surface area contributed by atoms with Crippen LogP contribution < -0.4 is 4.74 Å². The van der Waals surface area contributed by atoms with Crippen LogP contribution in [-0.2, 0) is 9.53 Å². The Morgan fingerprint density at radius 3 is 2.57 bits per heavy atom. The van der Waals surface area contributed by atoms with Crippen molar-refractivity contribution in [3.63, 3.8) is 0 Å². The molecule has 0 bridgehead atoms. The van der Waals surface area contributed by atoms with Gasteiger partial charge in [0.2, 0.25) is 17.0 Å². The van der Waals surface area contributed by atoms with Crippen LogP contribution in [0.5, 0.6) is 11.5 Å². The van der Waals surface area contributed by atoms with E-state index < -0.39 is 34.6 Å². The minimum atomic E-state index is -2.61. The van der Waals surface area contributed by atoms with Crippen molar-refractivity contribution in [1.29, 1.82) is 0 Å². The van der Waals surface area contributed by atoms with Crippen LogP contribution in [0.25, 0.3) is 0 Å². The van der Waals surface area contributed by atoms with E-state index in [9.17, 15) is 24.9 Å². The Kier molecular flexibility index (Phi) is 3.08. The number of methoxy groups -OCH3 is 1.